The fourth-order valence-corrected chi connectivity index (χ4v) is 3.03. The van der Waals surface area contributed by atoms with Gasteiger partial charge in [-0.25, -0.2) is 0 Å². The van der Waals surface area contributed by atoms with Gasteiger partial charge in [0.05, 0.1) is 0 Å². The molecule has 1 saturated carbocycles. The van der Waals surface area contributed by atoms with Gasteiger partial charge in [0.1, 0.15) is 0 Å². The van der Waals surface area contributed by atoms with Crippen molar-refractivity contribution in [1.82, 2.24) is 0 Å². The standard InChI is InChI=1S/C12H15N/c13-7-11-10-6-5-8-3-1-2-4-9(8)12(10)11/h1-4,10-12H,5-7,13H2/t10-,11-,12+/m1/s1. The zero-order valence-corrected chi connectivity index (χ0v) is 7.74. The molecule has 0 aromatic heterocycles. The summed E-state index contributed by atoms with van der Waals surface area (Å²) in [4.78, 5) is 0. The van der Waals surface area contributed by atoms with Gasteiger partial charge in [-0.15, -0.1) is 0 Å². The fourth-order valence-electron chi connectivity index (χ4n) is 3.03. The smallest absolute Gasteiger partial charge is 0.00400 e. The molecule has 1 aromatic rings. The molecule has 0 amide bonds. The fraction of sp³-hybridized carbons (Fsp3) is 0.500. The summed E-state index contributed by atoms with van der Waals surface area (Å²) < 4.78 is 0. The second kappa shape index (κ2) is 2.58. The molecule has 2 aliphatic carbocycles. The van der Waals surface area contributed by atoms with E-state index in [1.807, 2.05) is 0 Å². The maximum Gasteiger partial charge on any atom is -0.00400 e. The minimum absolute atomic E-state index is 0.795. The van der Waals surface area contributed by atoms with Gasteiger partial charge in [-0.05, 0) is 48.3 Å². The van der Waals surface area contributed by atoms with Crippen molar-refractivity contribution >= 4 is 0 Å². The highest BCUT2D eigenvalue weighted by molar-refractivity contribution is 5.39. The summed E-state index contributed by atoms with van der Waals surface area (Å²) >= 11 is 0. The summed E-state index contributed by atoms with van der Waals surface area (Å²) in [5.74, 6) is 2.53. The Morgan fingerprint density at radius 2 is 2.15 bits per heavy atom. The van der Waals surface area contributed by atoms with E-state index in [0.29, 0.717) is 0 Å². The Kier molecular flexibility index (Phi) is 1.50. The molecule has 0 unspecified atom stereocenters. The first-order valence-electron chi connectivity index (χ1n) is 5.19. The van der Waals surface area contributed by atoms with Crippen molar-refractivity contribution in [2.75, 3.05) is 6.54 Å². The van der Waals surface area contributed by atoms with Gasteiger partial charge < -0.3 is 5.73 Å². The lowest BCUT2D eigenvalue weighted by molar-refractivity contribution is 0.634. The van der Waals surface area contributed by atoms with Crippen molar-refractivity contribution in [3.63, 3.8) is 0 Å². The van der Waals surface area contributed by atoms with Gasteiger partial charge in [0.2, 0.25) is 0 Å². The number of nitrogens with two attached hydrogens (primary N) is 1. The summed E-state index contributed by atoms with van der Waals surface area (Å²) in [7, 11) is 0. The molecular formula is C12H15N. The van der Waals surface area contributed by atoms with Gasteiger partial charge >= 0.3 is 0 Å². The van der Waals surface area contributed by atoms with Crippen molar-refractivity contribution in [3.05, 3.63) is 35.4 Å². The molecule has 0 bridgehead atoms. The molecule has 3 atom stereocenters. The third-order valence-corrected chi connectivity index (χ3v) is 3.76. The molecule has 0 saturated heterocycles. The van der Waals surface area contributed by atoms with Gasteiger partial charge in [-0.2, -0.15) is 0 Å². The van der Waals surface area contributed by atoms with Crippen LogP contribution in [0.25, 0.3) is 0 Å². The van der Waals surface area contributed by atoms with Gasteiger partial charge in [-0.1, -0.05) is 24.3 Å². The van der Waals surface area contributed by atoms with E-state index in [2.05, 4.69) is 24.3 Å². The molecule has 3 rings (SSSR count). The van der Waals surface area contributed by atoms with Crippen LogP contribution in [0.1, 0.15) is 23.5 Å². The van der Waals surface area contributed by atoms with Gasteiger partial charge in [-0.3, -0.25) is 0 Å². The van der Waals surface area contributed by atoms with E-state index in [9.17, 15) is 0 Å². The topological polar surface area (TPSA) is 26.0 Å². The van der Waals surface area contributed by atoms with Crippen LogP contribution in [-0.4, -0.2) is 6.54 Å². The molecule has 2 N–H and O–H groups in total. The van der Waals surface area contributed by atoms with Crippen LogP contribution in [0.4, 0.5) is 0 Å². The van der Waals surface area contributed by atoms with E-state index in [1.165, 1.54) is 12.8 Å². The molecule has 1 aromatic carbocycles. The van der Waals surface area contributed by atoms with Crippen LogP contribution in [0, 0.1) is 11.8 Å². The third kappa shape index (κ3) is 0.969. The Morgan fingerprint density at radius 1 is 1.31 bits per heavy atom. The maximum absolute atomic E-state index is 5.75. The normalized spacial score (nSPS) is 35.0. The van der Waals surface area contributed by atoms with E-state index in [0.717, 1.165) is 24.3 Å². The van der Waals surface area contributed by atoms with Crippen molar-refractivity contribution in [2.45, 2.75) is 18.8 Å². The molecule has 2 aliphatic rings. The maximum atomic E-state index is 5.75. The van der Waals surface area contributed by atoms with Crippen molar-refractivity contribution in [1.29, 1.82) is 0 Å². The number of rotatable bonds is 1. The Labute approximate surface area is 78.9 Å². The first kappa shape index (κ1) is 7.57. The number of aryl methyl sites for hydroxylation is 1. The van der Waals surface area contributed by atoms with Gasteiger partial charge in [0, 0.05) is 0 Å². The van der Waals surface area contributed by atoms with Crippen LogP contribution >= 0.6 is 0 Å². The molecule has 1 heteroatoms. The summed E-state index contributed by atoms with van der Waals surface area (Å²) in [5, 5.41) is 0. The van der Waals surface area contributed by atoms with Crippen LogP contribution in [0.5, 0.6) is 0 Å². The lowest BCUT2D eigenvalue weighted by Gasteiger charge is -2.13. The van der Waals surface area contributed by atoms with E-state index in [4.69, 9.17) is 5.73 Å². The molecule has 1 nitrogen and oxygen atoms in total. The first-order valence-corrected chi connectivity index (χ1v) is 5.19. The lowest BCUT2D eigenvalue weighted by Crippen LogP contribution is -2.02. The Morgan fingerprint density at radius 3 is 3.00 bits per heavy atom. The van der Waals surface area contributed by atoms with E-state index >= 15 is 0 Å². The summed E-state index contributed by atoms with van der Waals surface area (Å²) in [5.41, 5.74) is 8.91. The number of hydrogen-bond acceptors (Lipinski definition) is 1. The summed E-state index contributed by atoms with van der Waals surface area (Å²) in [6.45, 7) is 0.879. The average molecular weight is 173 g/mol. The van der Waals surface area contributed by atoms with Crippen molar-refractivity contribution in [3.8, 4) is 0 Å². The molecule has 13 heavy (non-hydrogen) atoms. The van der Waals surface area contributed by atoms with E-state index < -0.39 is 0 Å². The predicted molar refractivity (Wildman–Crippen MR) is 53.5 cm³/mol. The zero-order chi connectivity index (χ0) is 8.84. The van der Waals surface area contributed by atoms with E-state index in [1.54, 1.807) is 11.1 Å². The second-order valence-electron chi connectivity index (χ2n) is 4.33. The largest absolute Gasteiger partial charge is 0.330 e. The quantitative estimate of drug-likeness (QED) is 0.690. The third-order valence-electron chi connectivity index (χ3n) is 3.76. The molecule has 68 valence electrons. The summed E-state index contributed by atoms with van der Waals surface area (Å²) in [6.07, 6.45) is 2.64. The van der Waals surface area contributed by atoms with Crippen LogP contribution in [0.3, 0.4) is 0 Å². The Bertz CT molecular complexity index is 328. The number of benzene rings is 1. The molecule has 1 fully saturated rings. The molecule has 0 heterocycles. The minimum atomic E-state index is 0.795. The number of fused-ring (bicyclic) bond motifs is 3. The SMILES string of the molecule is NC[C@@H]1[C@H]2CCc3ccccc3[C@H]12. The highest BCUT2D eigenvalue weighted by Crippen LogP contribution is 2.59. The highest BCUT2D eigenvalue weighted by atomic mass is 14.7. The Hall–Kier alpha value is -0.820. The van der Waals surface area contributed by atoms with Crippen LogP contribution in [-0.2, 0) is 6.42 Å². The monoisotopic (exact) mass is 173 g/mol. The van der Waals surface area contributed by atoms with Crippen molar-refractivity contribution in [2.24, 2.45) is 17.6 Å². The van der Waals surface area contributed by atoms with Gasteiger partial charge in [0.25, 0.3) is 0 Å². The molecule has 0 radical (unpaired) electrons. The van der Waals surface area contributed by atoms with Gasteiger partial charge in [0.15, 0.2) is 0 Å². The van der Waals surface area contributed by atoms with E-state index in [-0.39, 0.29) is 0 Å². The molecular weight excluding hydrogens is 158 g/mol. The second-order valence-corrected chi connectivity index (χ2v) is 4.33. The van der Waals surface area contributed by atoms with Crippen LogP contribution < -0.4 is 5.73 Å². The van der Waals surface area contributed by atoms with Crippen LogP contribution in [0.2, 0.25) is 0 Å². The van der Waals surface area contributed by atoms with Crippen LogP contribution in [0.15, 0.2) is 24.3 Å². The predicted octanol–water partition coefficient (Wildman–Crippen LogP) is 1.92. The zero-order valence-electron chi connectivity index (χ0n) is 7.74. The molecule has 0 aliphatic heterocycles. The number of hydrogen-bond donors (Lipinski definition) is 1. The Balaban J connectivity index is 2.00. The lowest BCUT2D eigenvalue weighted by atomic mass is 9.92. The highest BCUT2D eigenvalue weighted by Gasteiger charge is 2.51. The minimum Gasteiger partial charge on any atom is -0.330 e. The first-order chi connectivity index (χ1) is 6.42. The summed E-state index contributed by atoms with van der Waals surface area (Å²) in [6, 6.07) is 8.88. The molecule has 0 spiro atoms. The van der Waals surface area contributed by atoms with Crippen molar-refractivity contribution < 1.29 is 0 Å². The average Bonchev–Trinajstić information content (AvgIpc) is 2.91.